The molecule has 0 unspecified atom stereocenters. The van der Waals surface area contributed by atoms with Crippen LogP contribution >= 0.6 is 0 Å². The summed E-state index contributed by atoms with van der Waals surface area (Å²) < 4.78 is 0. The van der Waals surface area contributed by atoms with Gasteiger partial charge in [-0.1, -0.05) is 13.2 Å². The Morgan fingerprint density at radius 3 is 1.75 bits per heavy atom. The van der Waals surface area contributed by atoms with Crippen molar-refractivity contribution in [3.63, 3.8) is 0 Å². The van der Waals surface area contributed by atoms with E-state index in [1.54, 1.807) is 0 Å². The van der Waals surface area contributed by atoms with Gasteiger partial charge in [-0.15, -0.1) is 0 Å². The van der Waals surface area contributed by atoms with E-state index in [1.165, 1.54) is 0 Å². The Morgan fingerprint density at radius 1 is 1.42 bits per heavy atom. The molecule has 0 bridgehead atoms. The first-order valence-corrected chi connectivity index (χ1v) is 2.96. The number of carbonyl (C=O) groups is 2. The lowest BCUT2D eigenvalue weighted by Crippen LogP contribution is -2.14. The number of rotatable bonds is 3. The zero-order valence-electron chi connectivity index (χ0n) is 6.62. The number of hydrogen-bond acceptors (Lipinski definition) is 3. The molecule has 68 valence electrons. The van der Waals surface area contributed by atoms with Crippen LogP contribution in [-0.2, 0) is 9.59 Å². The molecule has 0 aliphatic rings. The van der Waals surface area contributed by atoms with Gasteiger partial charge >= 0.3 is 0 Å². The van der Waals surface area contributed by atoms with Crippen LogP contribution in [0.1, 0.15) is 0 Å². The van der Waals surface area contributed by atoms with Crippen molar-refractivity contribution in [3.8, 4) is 0 Å². The number of hydrogen-bond donors (Lipinski definition) is 3. The molecule has 5 N–H and O–H groups in total. The third-order valence-corrected chi connectivity index (χ3v) is 0.741. The predicted molar refractivity (Wildman–Crippen MR) is 44.8 cm³/mol. The maximum Gasteiger partial charge on any atom is 0.246 e. The van der Waals surface area contributed by atoms with Crippen LogP contribution in [0.15, 0.2) is 24.8 Å². The summed E-state index contributed by atoms with van der Waals surface area (Å²) in [4.78, 5) is 19.4. The average Bonchev–Trinajstić information content (AvgIpc) is 2.04. The fourth-order valence-corrected chi connectivity index (χ4v) is 0.0779. The molecule has 0 aromatic rings. The molecule has 5 nitrogen and oxygen atoms in total. The van der Waals surface area contributed by atoms with Gasteiger partial charge in [0.05, 0.1) is 6.61 Å². The minimum Gasteiger partial charge on any atom is -0.391 e. The summed E-state index contributed by atoms with van der Waals surface area (Å²) in [6, 6.07) is 0. The van der Waals surface area contributed by atoms with Crippen LogP contribution < -0.4 is 11.5 Å². The van der Waals surface area contributed by atoms with Crippen molar-refractivity contribution in [3.05, 3.63) is 24.8 Å². The average molecular weight is 172 g/mol. The third-order valence-electron chi connectivity index (χ3n) is 0.741. The molecule has 0 heterocycles. The topological polar surface area (TPSA) is 106 Å². The number of aliphatic hydroxyl groups is 1. The molecule has 0 saturated carbocycles. The Kier molecular flexibility index (Phi) is 8.11. The highest BCUT2D eigenvalue weighted by Crippen LogP contribution is 1.80. The fourth-order valence-electron chi connectivity index (χ4n) is 0.0779. The number of amides is 2. The molecule has 0 atom stereocenters. The van der Waals surface area contributed by atoms with Gasteiger partial charge in [0.2, 0.25) is 11.8 Å². The minimum atomic E-state index is -0.650. The summed E-state index contributed by atoms with van der Waals surface area (Å²) in [6.07, 6.45) is 1.06. The summed E-state index contributed by atoms with van der Waals surface area (Å²) in [5, 5.41) is 8.10. The molecule has 0 aliphatic carbocycles. The quantitative estimate of drug-likeness (QED) is 0.459. The second-order valence-corrected chi connectivity index (χ2v) is 1.73. The Labute approximate surface area is 70.4 Å². The number of aliphatic hydroxyl groups excluding tert-OH is 1. The van der Waals surface area contributed by atoms with Gasteiger partial charge in [0.1, 0.15) is 0 Å². The molecule has 0 radical (unpaired) electrons. The van der Waals surface area contributed by atoms with Gasteiger partial charge < -0.3 is 16.6 Å². The molecule has 12 heavy (non-hydrogen) atoms. The third kappa shape index (κ3) is 11.2. The number of carbonyl (C=O) groups excluding carboxylic acids is 2. The molecular weight excluding hydrogens is 160 g/mol. The standard InChI is InChI=1S/C4H7NO2.C3H5NO/c1-3(2-6)4(5)7;1-2-3(4)5/h6H,1-2H2,(H2,5,7);2H,1H2,(H2,4,5). The van der Waals surface area contributed by atoms with Gasteiger partial charge in [-0.25, -0.2) is 0 Å². The van der Waals surface area contributed by atoms with Crippen molar-refractivity contribution in [1.82, 2.24) is 0 Å². The normalized spacial score (nSPS) is 7.42. The lowest BCUT2D eigenvalue weighted by atomic mass is 10.3. The minimum absolute atomic E-state index is 0.0417. The second-order valence-electron chi connectivity index (χ2n) is 1.73. The maximum atomic E-state index is 9.89. The van der Waals surface area contributed by atoms with Crippen LogP contribution in [0, 0.1) is 0 Å². The predicted octanol–water partition coefficient (Wildman–Crippen LogP) is -1.32. The van der Waals surface area contributed by atoms with Crippen LogP contribution in [0.2, 0.25) is 0 Å². The first-order chi connectivity index (χ1) is 5.45. The van der Waals surface area contributed by atoms with Gasteiger partial charge in [-0.2, -0.15) is 0 Å². The molecule has 0 spiro atoms. The van der Waals surface area contributed by atoms with Crippen LogP contribution in [0.5, 0.6) is 0 Å². The molecule has 0 rings (SSSR count). The molecule has 0 fully saturated rings. The van der Waals surface area contributed by atoms with Crippen molar-refractivity contribution in [2.45, 2.75) is 0 Å². The number of nitrogens with two attached hydrogens (primary N) is 2. The highest BCUT2D eigenvalue weighted by Gasteiger charge is 1.94. The Balaban J connectivity index is 0. The first-order valence-electron chi connectivity index (χ1n) is 2.96. The summed E-state index contributed by atoms with van der Waals surface area (Å²) >= 11 is 0. The first kappa shape index (κ1) is 13.0. The molecule has 5 heteroatoms. The molecule has 0 saturated heterocycles. The maximum absolute atomic E-state index is 9.89. The molecular formula is C7H12N2O3. The van der Waals surface area contributed by atoms with Gasteiger partial charge in [0.15, 0.2) is 0 Å². The lowest BCUT2D eigenvalue weighted by Gasteiger charge is -1.88. The Hall–Kier alpha value is -1.62. The van der Waals surface area contributed by atoms with E-state index in [-0.39, 0.29) is 12.2 Å². The van der Waals surface area contributed by atoms with Crippen molar-refractivity contribution in [1.29, 1.82) is 0 Å². The van der Waals surface area contributed by atoms with Gasteiger partial charge in [0, 0.05) is 5.57 Å². The lowest BCUT2D eigenvalue weighted by molar-refractivity contribution is -0.115. The summed E-state index contributed by atoms with van der Waals surface area (Å²) in [6.45, 7) is 5.88. The Bertz CT molecular complexity index is 199. The van der Waals surface area contributed by atoms with Gasteiger partial charge in [-0.05, 0) is 6.08 Å². The van der Waals surface area contributed by atoms with Gasteiger partial charge in [-0.3, -0.25) is 9.59 Å². The van der Waals surface area contributed by atoms with E-state index in [0.717, 1.165) is 6.08 Å². The van der Waals surface area contributed by atoms with Gasteiger partial charge in [0.25, 0.3) is 0 Å². The summed E-state index contributed by atoms with van der Waals surface area (Å²) in [7, 11) is 0. The SMILES string of the molecule is C=C(CO)C(N)=O.C=CC(N)=O. The highest BCUT2D eigenvalue weighted by atomic mass is 16.3. The van der Waals surface area contributed by atoms with E-state index in [2.05, 4.69) is 24.6 Å². The van der Waals surface area contributed by atoms with Crippen LogP contribution in [0.25, 0.3) is 0 Å². The smallest absolute Gasteiger partial charge is 0.246 e. The van der Waals surface area contributed by atoms with Crippen LogP contribution in [0.4, 0.5) is 0 Å². The molecule has 2 amide bonds. The largest absolute Gasteiger partial charge is 0.391 e. The molecule has 0 aromatic carbocycles. The van der Waals surface area contributed by atoms with E-state index in [1.807, 2.05) is 0 Å². The molecule has 0 aromatic heterocycles. The van der Waals surface area contributed by atoms with E-state index in [0.29, 0.717) is 0 Å². The Morgan fingerprint density at radius 2 is 1.75 bits per heavy atom. The van der Waals surface area contributed by atoms with Crippen LogP contribution in [-0.4, -0.2) is 23.5 Å². The van der Waals surface area contributed by atoms with E-state index >= 15 is 0 Å². The molecule has 0 aliphatic heterocycles. The summed E-state index contributed by atoms with van der Waals surface area (Å²) in [5.74, 6) is -1.13. The van der Waals surface area contributed by atoms with Crippen molar-refractivity contribution in [2.24, 2.45) is 11.5 Å². The monoisotopic (exact) mass is 172 g/mol. The summed E-state index contributed by atoms with van der Waals surface area (Å²) in [5.41, 5.74) is 9.22. The van der Waals surface area contributed by atoms with Crippen LogP contribution in [0.3, 0.4) is 0 Å². The zero-order chi connectivity index (χ0) is 10.1. The van der Waals surface area contributed by atoms with E-state index < -0.39 is 11.8 Å². The fraction of sp³-hybridized carbons (Fsp3) is 0.143. The van der Waals surface area contributed by atoms with Crippen molar-refractivity contribution < 1.29 is 14.7 Å². The van der Waals surface area contributed by atoms with E-state index in [4.69, 9.17) is 5.11 Å². The number of primary amides is 2. The second kappa shape index (κ2) is 7.49. The van der Waals surface area contributed by atoms with Crippen molar-refractivity contribution in [2.75, 3.05) is 6.61 Å². The van der Waals surface area contributed by atoms with Crippen molar-refractivity contribution >= 4 is 11.8 Å². The highest BCUT2D eigenvalue weighted by molar-refractivity contribution is 5.91. The zero-order valence-corrected chi connectivity index (χ0v) is 6.62. The van der Waals surface area contributed by atoms with E-state index in [9.17, 15) is 9.59 Å².